The van der Waals surface area contributed by atoms with Crippen LogP contribution in [0.4, 0.5) is 0 Å². The van der Waals surface area contributed by atoms with Gasteiger partial charge in [0.05, 0.1) is 22.8 Å². The molecule has 1 amide bonds. The molecule has 2 heterocycles. The van der Waals surface area contributed by atoms with Crippen LogP contribution in [0, 0.1) is 5.92 Å². The molecular weight excluding hydrogens is 381 g/mol. The van der Waals surface area contributed by atoms with E-state index in [0.717, 1.165) is 4.68 Å². The smallest absolute Gasteiger partial charge is 0.306 e. The van der Waals surface area contributed by atoms with Gasteiger partial charge in [-0.05, 0) is 37.1 Å². The first kappa shape index (κ1) is 18.4. The van der Waals surface area contributed by atoms with E-state index in [1.165, 1.54) is 6.20 Å². The molecule has 0 radical (unpaired) electrons. The Morgan fingerprint density at radius 1 is 1.12 bits per heavy atom. The predicted molar refractivity (Wildman–Crippen MR) is 96.1 cm³/mol. The van der Waals surface area contributed by atoms with Gasteiger partial charge in [0.25, 0.3) is 11.5 Å². The van der Waals surface area contributed by atoms with E-state index in [0.29, 0.717) is 37.2 Å². The van der Waals surface area contributed by atoms with Crippen molar-refractivity contribution in [3.63, 3.8) is 0 Å². The van der Waals surface area contributed by atoms with Crippen molar-refractivity contribution in [1.82, 2.24) is 14.7 Å². The van der Waals surface area contributed by atoms with Crippen LogP contribution < -0.4 is 5.56 Å². The van der Waals surface area contributed by atoms with Gasteiger partial charge in [0.15, 0.2) is 0 Å². The van der Waals surface area contributed by atoms with Gasteiger partial charge in [0.2, 0.25) is 0 Å². The maximum absolute atomic E-state index is 12.5. The summed E-state index contributed by atoms with van der Waals surface area (Å²) in [6.45, 7) is 0.816. The molecule has 9 heteroatoms. The molecular formula is C17H15Cl2N3O4. The van der Waals surface area contributed by atoms with Crippen molar-refractivity contribution in [2.24, 2.45) is 5.92 Å². The third-order valence-electron chi connectivity index (χ3n) is 4.37. The first-order valence-electron chi connectivity index (χ1n) is 7.94. The van der Waals surface area contributed by atoms with Crippen LogP contribution in [0.2, 0.25) is 10.0 Å². The second kappa shape index (κ2) is 7.47. The number of halogens is 2. The number of carbonyl (C=O) groups excluding carboxylic acids is 1. The van der Waals surface area contributed by atoms with Gasteiger partial charge in [-0.15, -0.1) is 0 Å². The van der Waals surface area contributed by atoms with Gasteiger partial charge < -0.3 is 10.0 Å². The van der Waals surface area contributed by atoms with E-state index in [1.54, 1.807) is 29.2 Å². The van der Waals surface area contributed by atoms with E-state index >= 15 is 0 Å². The molecule has 1 aromatic heterocycles. The molecule has 0 unspecified atom stereocenters. The Bertz CT molecular complexity index is 903. The molecule has 0 spiro atoms. The highest BCUT2D eigenvalue weighted by Gasteiger charge is 2.27. The first-order chi connectivity index (χ1) is 12.4. The number of aliphatic carboxylic acids is 1. The van der Waals surface area contributed by atoms with Crippen molar-refractivity contribution in [3.05, 3.63) is 56.4 Å². The lowest BCUT2D eigenvalue weighted by molar-refractivity contribution is -0.143. The summed E-state index contributed by atoms with van der Waals surface area (Å²) in [7, 11) is 0. The minimum Gasteiger partial charge on any atom is -0.481 e. The number of carboxylic acid groups (broad SMARTS) is 1. The molecule has 0 bridgehead atoms. The molecule has 0 saturated carbocycles. The van der Waals surface area contributed by atoms with Gasteiger partial charge >= 0.3 is 5.97 Å². The summed E-state index contributed by atoms with van der Waals surface area (Å²) in [5.41, 5.74) is 0.360. The molecule has 1 saturated heterocycles. The average molecular weight is 396 g/mol. The fourth-order valence-electron chi connectivity index (χ4n) is 2.85. The van der Waals surface area contributed by atoms with Gasteiger partial charge in [-0.1, -0.05) is 23.2 Å². The minimum absolute atomic E-state index is 0.0736. The third-order valence-corrected chi connectivity index (χ3v) is 5.12. The van der Waals surface area contributed by atoms with Crippen LogP contribution in [0.25, 0.3) is 5.69 Å². The monoisotopic (exact) mass is 395 g/mol. The average Bonchev–Trinajstić information content (AvgIpc) is 2.66. The fraction of sp³-hybridized carbons (Fsp3) is 0.294. The maximum Gasteiger partial charge on any atom is 0.306 e. The van der Waals surface area contributed by atoms with E-state index in [9.17, 15) is 14.4 Å². The predicted octanol–water partition coefficient (Wildman–Crippen LogP) is 2.48. The Hall–Kier alpha value is -2.38. The summed E-state index contributed by atoms with van der Waals surface area (Å²) < 4.78 is 1.10. The second-order valence-electron chi connectivity index (χ2n) is 5.98. The number of likely N-dealkylation sites (tertiary alicyclic amines) is 1. The largest absolute Gasteiger partial charge is 0.481 e. The lowest BCUT2D eigenvalue weighted by Gasteiger charge is -2.30. The van der Waals surface area contributed by atoms with Crippen molar-refractivity contribution in [2.45, 2.75) is 12.8 Å². The van der Waals surface area contributed by atoms with Crippen LogP contribution in [0.5, 0.6) is 0 Å². The highest BCUT2D eigenvalue weighted by molar-refractivity contribution is 6.41. The van der Waals surface area contributed by atoms with Gasteiger partial charge in [0.1, 0.15) is 5.02 Å². The van der Waals surface area contributed by atoms with Gasteiger partial charge in [-0.25, -0.2) is 0 Å². The van der Waals surface area contributed by atoms with Gasteiger partial charge in [0, 0.05) is 18.7 Å². The lowest BCUT2D eigenvalue weighted by Crippen LogP contribution is -2.40. The van der Waals surface area contributed by atoms with Crippen LogP contribution in [0.3, 0.4) is 0 Å². The van der Waals surface area contributed by atoms with Crippen LogP contribution in [-0.4, -0.2) is 44.8 Å². The van der Waals surface area contributed by atoms with Gasteiger partial charge in [-0.2, -0.15) is 9.78 Å². The summed E-state index contributed by atoms with van der Waals surface area (Å²) in [6.07, 6.45) is 2.17. The number of benzene rings is 1. The Morgan fingerprint density at radius 3 is 2.31 bits per heavy atom. The second-order valence-corrected chi connectivity index (χ2v) is 6.76. The topological polar surface area (TPSA) is 92.5 Å². The van der Waals surface area contributed by atoms with Crippen LogP contribution in [0.15, 0.2) is 35.3 Å². The molecule has 1 aromatic carbocycles. The van der Waals surface area contributed by atoms with Crippen molar-refractivity contribution in [3.8, 4) is 5.69 Å². The van der Waals surface area contributed by atoms with Crippen LogP contribution >= 0.6 is 23.2 Å². The molecule has 7 nitrogen and oxygen atoms in total. The molecule has 1 aliphatic rings. The molecule has 0 aliphatic carbocycles. The molecule has 0 atom stereocenters. The first-order valence-corrected chi connectivity index (χ1v) is 8.70. The Labute approximate surface area is 158 Å². The number of hydrogen-bond acceptors (Lipinski definition) is 4. The number of rotatable bonds is 3. The van der Waals surface area contributed by atoms with Crippen molar-refractivity contribution in [2.75, 3.05) is 13.1 Å². The summed E-state index contributed by atoms with van der Waals surface area (Å²) in [6, 6.07) is 6.38. The minimum atomic E-state index is -0.819. The molecule has 26 heavy (non-hydrogen) atoms. The number of piperidine rings is 1. The zero-order chi connectivity index (χ0) is 18.8. The van der Waals surface area contributed by atoms with E-state index in [4.69, 9.17) is 28.3 Å². The molecule has 136 valence electrons. The van der Waals surface area contributed by atoms with Crippen molar-refractivity contribution < 1.29 is 14.7 Å². The number of nitrogens with zero attached hydrogens (tertiary/aromatic N) is 3. The molecule has 2 aromatic rings. The van der Waals surface area contributed by atoms with Crippen LogP contribution in [0.1, 0.15) is 23.2 Å². The Balaban J connectivity index is 1.76. The normalized spacial score (nSPS) is 15.1. The van der Waals surface area contributed by atoms with E-state index < -0.39 is 17.4 Å². The Morgan fingerprint density at radius 2 is 1.73 bits per heavy atom. The van der Waals surface area contributed by atoms with E-state index in [-0.39, 0.29) is 16.0 Å². The standard InChI is InChI=1S/C17H15Cl2N3O4/c18-13-9-20-22(16(24)14(13)19)12-3-1-10(2-4-12)15(23)21-7-5-11(6-8-21)17(25)26/h1-4,9,11H,5-8H2,(H,25,26). The highest BCUT2D eigenvalue weighted by Crippen LogP contribution is 2.20. The van der Waals surface area contributed by atoms with Crippen LogP contribution in [-0.2, 0) is 4.79 Å². The summed E-state index contributed by atoms with van der Waals surface area (Å²) in [5, 5.41) is 12.9. The number of aromatic nitrogens is 2. The van der Waals surface area contributed by atoms with E-state index in [1.807, 2.05) is 0 Å². The third kappa shape index (κ3) is 3.59. The fourth-order valence-corrected chi connectivity index (χ4v) is 3.11. The quantitative estimate of drug-likeness (QED) is 0.861. The molecule has 1 N–H and O–H groups in total. The lowest BCUT2D eigenvalue weighted by atomic mass is 9.96. The molecule has 1 fully saturated rings. The Kier molecular flexibility index (Phi) is 5.29. The number of carbonyl (C=O) groups is 2. The number of carboxylic acids is 1. The van der Waals surface area contributed by atoms with Gasteiger partial charge in [-0.3, -0.25) is 14.4 Å². The number of hydrogen-bond donors (Lipinski definition) is 1. The number of amides is 1. The zero-order valence-corrected chi connectivity index (χ0v) is 15.1. The van der Waals surface area contributed by atoms with Crippen molar-refractivity contribution in [1.29, 1.82) is 0 Å². The highest BCUT2D eigenvalue weighted by atomic mass is 35.5. The summed E-state index contributed by atoms with van der Waals surface area (Å²) >= 11 is 11.6. The molecule has 3 rings (SSSR count). The summed E-state index contributed by atoms with van der Waals surface area (Å²) in [4.78, 5) is 37.3. The SMILES string of the molecule is O=C(O)C1CCN(C(=O)c2ccc(-n3ncc(Cl)c(Cl)c3=O)cc2)CC1. The zero-order valence-electron chi connectivity index (χ0n) is 13.6. The van der Waals surface area contributed by atoms with Crippen molar-refractivity contribution >= 4 is 35.1 Å². The summed E-state index contributed by atoms with van der Waals surface area (Å²) in [5.74, 6) is -1.38. The molecule has 1 aliphatic heterocycles. The maximum atomic E-state index is 12.5. The van der Waals surface area contributed by atoms with E-state index in [2.05, 4.69) is 5.10 Å².